The zero-order valence-electron chi connectivity index (χ0n) is 17.6. The Morgan fingerprint density at radius 1 is 0.846 bits per heavy atom. The van der Waals surface area contributed by atoms with Crippen LogP contribution in [0.4, 0.5) is 0 Å². The van der Waals surface area contributed by atoms with Crippen LogP contribution in [0.25, 0.3) is 0 Å². The molecule has 0 saturated heterocycles. The van der Waals surface area contributed by atoms with Crippen molar-refractivity contribution < 1.29 is 0 Å². The van der Waals surface area contributed by atoms with Crippen LogP contribution in [0.3, 0.4) is 0 Å². The van der Waals surface area contributed by atoms with Gasteiger partial charge in [-0.3, -0.25) is 0 Å². The number of hydrogen-bond donors (Lipinski definition) is 0. The molecule has 0 radical (unpaired) electrons. The number of unbranched alkanes of at least 4 members (excludes halogenated alkanes) is 4. The van der Waals surface area contributed by atoms with E-state index in [4.69, 9.17) is 0 Å². The van der Waals surface area contributed by atoms with Crippen molar-refractivity contribution in [1.82, 2.24) is 0 Å². The van der Waals surface area contributed by atoms with Crippen LogP contribution in [0.2, 0.25) is 0 Å². The molecule has 0 aliphatic heterocycles. The molecule has 148 valence electrons. The molecular formula is C25H43N. The molecule has 0 amide bonds. The summed E-state index contributed by atoms with van der Waals surface area (Å²) in [6.07, 6.45) is 25.8. The maximum Gasteiger partial charge on any atom is 0.0693 e. The van der Waals surface area contributed by atoms with Crippen LogP contribution in [0, 0.1) is 34.5 Å². The molecule has 1 heteroatoms. The van der Waals surface area contributed by atoms with E-state index in [9.17, 15) is 5.26 Å². The Labute approximate surface area is 163 Å². The van der Waals surface area contributed by atoms with Crippen molar-refractivity contribution in [3.8, 4) is 6.07 Å². The molecule has 1 nitrogen and oxygen atoms in total. The van der Waals surface area contributed by atoms with Gasteiger partial charge in [0.25, 0.3) is 0 Å². The molecule has 2 aliphatic carbocycles. The summed E-state index contributed by atoms with van der Waals surface area (Å²) in [4.78, 5) is 0. The van der Waals surface area contributed by atoms with Crippen molar-refractivity contribution in [2.45, 2.75) is 117 Å². The molecule has 0 aromatic carbocycles. The predicted molar refractivity (Wildman–Crippen MR) is 113 cm³/mol. The van der Waals surface area contributed by atoms with Gasteiger partial charge < -0.3 is 0 Å². The summed E-state index contributed by atoms with van der Waals surface area (Å²) >= 11 is 0. The Morgan fingerprint density at radius 2 is 1.50 bits per heavy atom. The lowest BCUT2D eigenvalue weighted by Gasteiger charge is -2.40. The fraction of sp³-hybridized carbons (Fsp3) is 0.880. The Morgan fingerprint density at radius 3 is 2.12 bits per heavy atom. The highest BCUT2D eigenvalue weighted by Crippen LogP contribution is 2.47. The summed E-state index contributed by atoms with van der Waals surface area (Å²) in [7, 11) is 0. The summed E-state index contributed by atoms with van der Waals surface area (Å²) in [5.41, 5.74) is -0.0451. The van der Waals surface area contributed by atoms with Gasteiger partial charge in [-0.15, -0.1) is 0 Å². The second-order valence-electron chi connectivity index (χ2n) is 9.32. The standard InChI is InChI=1S/C25H43N/c1-3-5-7-8-10-18-25(21-26)19-16-24(17-20-25)23-14-12-22(13-15-23)11-9-6-4-2/h8,10,22-24H,3-7,9,11-20H2,1-2H3/b10-8+/t22?,23?,24-,25+. The molecule has 0 unspecified atom stereocenters. The summed E-state index contributed by atoms with van der Waals surface area (Å²) in [5.74, 6) is 2.90. The third-order valence-corrected chi connectivity index (χ3v) is 7.40. The molecule has 0 N–H and O–H groups in total. The van der Waals surface area contributed by atoms with E-state index in [2.05, 4.69) is 32.1 Å². The molecule has 0 aromatic heterocycles. The van der Waals surface area contributed by atoms with Crippen molar-refractivity contribution in [3.63, 3.8) is 0 Å². The monoisotopic (exact) mass is 357 g/mol. The lowest BCUT2D eigenvalue weighted by atomic mass is 9.64. The summed E-state index contributed by atoms with van der Waals surface area (Å²) in [5, 5.41) is 9.79. The number of allylic oxidation sites excluding steroid dienone is 2. The molecule has 0 spiro atoms. The van der Waals surface area contributed by atoms with E-state index in [1.165, 1.54) is 83.5 Å². The second-order valence-corrected chi connectivity index (χ2v) is 9.32. The van der Waals surface area contributed by atoms with Crippen molar-refractivity contribution in [2.75, 3.05) is 0 Å². The predicted octanol–water partition coefficient (Wildman–Crippen LogP) is 8.21. The van der Waals surface area contributed by atoms with E-state index in [1.54, 1.807) is 0 Å². The molecule has 2 rings (SSSR count). The smallest absolute Gasteiger partial charge is 0.0693 e. The topological polar surface area (TPSA) is 23.8 Å². The maximum absolute atomic E-state index is 9.79. The first-order chi connectivity index (χ1) is 12.7. The van der Waals surface area contributed by atoms with E-state index < -0.39 is 0 Å². The number of nitrogens with zero attached hydrogens (tertiary/aromatic N) is 1. The molecule has 0 bridgehead atoms. The highest BCUT2D eigenvalue weighted by molar-refractivity contribution is 5.06. The summed E-state index contributed by atoms with van der Waals surface area (Å²) in [6.45, 7) is 4.55. The van der Waals surface area contributed by atoms with Crippen LogP contribution in [0.1, 0.15) is 117 Å². The Kier molecular flexibility index (Phi) is 9.80. The first-order valence-electron chi connectivity index (χ1n) is 11.8. The van der Waals surface area contributed by atoms with E-state index in [0.29, 0.717) is 0 Å². The Hall–Kier alpha value is -0.770. The van der Waals surface area contributed by atoms with Crippen LogP contribution in [0.15, 0.2) is 12.2 Å². The molecular weight excluding hydrogens is 314 g/mol. The van der Waals surface area contributed by atoms with Gasteiger partial charge in [0.1, 0.15) is 0 Å². The third-order valence-electron chi connectivity index (χ3n) is 7.40. The normalized spacial score (nSPS) is 32.6. The van der Waals surface area contributed by atoms with Gasteiger partial charge in [0.15, 0.2) is 0 Å². The largest absolute Gasteiger partial charge is 0.198 e. The minimum atomic E-state index is -0.0451. The van der Waals surface area contributed by atoms with Crippen LogP contribution < -0.4 is 0 Å². The number of hydrogen-bond acceptors (Lipinski definition) is 1. The first-order valence-corrected chi connectivity index (χ1v) is 11.8. The average molecular weight is 358 g/mol. The second kappa shape index (κ2) is 11.8. The van der Waals surface area contributed by atoms with Crippen LogP contribution >= 0.6 is 0 Å². The van der Waals surface area contributed by atoms with Gasteiger partial charge in [-0.05, 0) is 69.1 Å². The van der Waals surface area contributed by atoms with Crippen molar-refractivity contribution >= 4 is 0 Å². The van der Waals surface area contributed by atoms with E-state index >= 15 is 0 Å². The minimum Gasteiger partial charge on any atom is -0.198 e. The van der Waals surface area contributed by atoms with E-state index in [-0.39, 0.29) is 5.41 Å². The van der Waals surface area contributed by atoms with E-state index in [0.717, 1.165) is 37.0 Å². The fourth-order valence-corrected chi connectivity index (χ4v) is 5.41. The van der Waals surface area contributed by atoms with Crippen molar-refractivity contribution in [2.24, 2.45) is 23.2 Å². The number of nitriles is 1. The molecule has 26 heavy (non-hydrogen) atoms. The zero-order valence-corrected chi connectivity index (χ0v) is 17.6. The van der Waals surface area contributed by atoms with Crippen LogP contribution in [0.5, 0.6) is 0 Å². The van der Waals surface area contributed by atoms with Gasteiger partial charge in [0.05, 0.1) is 11.5 Å². The molecule has 2 aliphatic rings. The van der Waals surface area contributed by atoms with Gasteiger partial charge in [-0.1, -0.05) is 77.4 Å². The molecule has 0 atom stereocenters. The quantitative estimate of drug-likeness (QED) is 0.285. The SMILES string of the molecule is CCCC/C=C/C[C@]1(C#N)CC[C@@H](C2CCC(CCCCC)CC2)CC1. The van der Waals surface area contributed by atoms with Crippen molar-refractivity contribution in [1.29, 1.82) is 5.26 Å². The average Bonchev–Trinajstić information content (AvgIpc) is 2.69. The lowest BCUT2D eigenvalue weighted by molar-refractivity contribution is 0.121. The zero-order chi connectivity index (χ0) is 18.7. The van der Waals surface area contributed by atoms with Gasteiger partial charge in [-0.2, -0.15) is 5.26 Å². The van der Waals surface area contributed by atoms with Gasteiger partial charge >= 0.3 is 0 Å². The molecule has 2 saturated carbocycles. The van der Waals surface area contributed by atoms with Gasteiger partial charge in [0.2, 0.25) is 0 Å². The highest BCUT2D eigenvalue weighted by atomic mass is 14.4. The lowest BCUT2D eigenvalue weighted by Crippen LogP contribution is -2.30. The Balaban J connectivity index is 1.70. The Bertz CT molecular complexity index is 428. The third kappa shape index (κ3) is 6.75. The van der Waals surface area contributed by atoms with Gasteiger partial charge in [0, 0.05) is 0 Å². The van der Waals surface area contributed by atoms with Crippen LogP contribution in [-0.2, 0) is 0 Å². The first kappa shape index (κ1) is 21.5. The van der Waals surface area contributed by atoms with Crippen molar-refractivity contribution in [3.05, 3.63) is 12.2 Å². The minimum absolute atomic E-state index is 0.0451. The maximum atomic E-state index is 9.79. The number of rotatable bonds is 10. The summed E-state index contributed by atoms with van der Waals surface area (Å²) in [6, 6.07) is 2.72. The highest BCUT2D eigenvalue weighted by Gasteiger charge is 2.37. The molecule has 0 heterocycles. The van der Waals surface area contributed by atoms with Crippen LogP contribution in [-0.4, -0.2) is 0 Å². The molecule has 0 aromatic rings. The molecule has 2 fully saturated rings. The summed E-state index contributed by atoms with van der Waals surface area (Å²) < 4.78 is 0. The van der Waals surface area contributed by atoms with E-state index in [1.807, 2.05) is 0 Å². The van der Waals surface area contributed by atoms with Gasteiger partial charge in [-0.25, -0.2) is 0 Å². The fourth-order valence-electron chi connectivity index (χ4n) is 5.41.